The van der Waals surface area contributed by atoms with Gasteiger partial charge in [-0.05, 0) is 12.3 Å². The van der Waals surface area contributed by atoms with Crippen LogP contribution in [0.4, 0.5) is 0 Å². The number of amides is 2. The maximum absolute atomic E-state index is 11.1. The number of imide groups is 1. The molecule has 0 aromatic heterocycles. The third kappa shape index (κ3) is 0.602. The van der Waals surface area contributed by atoms with Crippen LogP contribution in [0, 0.1) is 11.8 Å². The molecule has 1 saturated carbocycles. The topological polar surface area (TPSA) is 37.4 Å². The van der Waals surface area contributed by atoms with Gasteiger partial charge in [-0.1, -0.05) is 0 Å². The summed E-state index contributed by atoms with van der Waals surface area (Å²) in [5, 5.41) is 0. The van der Waals surface area contributed by atoms with Crippen LogP contribution in [-0.2, 0) is 9.59 Å². The number of carbonyl (C=O) groups excluding carboxylic acids is 2. The molecule has 1 aliphatic carbocycles. The van der Waals surface area contributed by atoms with Crippen LogP contribution in [-0.4, -0.2) is 23.8 Å². The Balaban J connectivity index is 2.21. The molecule has 2 rings (SSSR count). The van der Waals surface area contributed by atoms with Crippen LogP contribution in [0.15, 0.2) is 0 Å². The van der Waals surface area contributed by atoms with Gasteiger partial charge in [-0.25, -0.2) is 0 Å². The van der Waals surface area contributed by atoms with E-state index in [2.05, 4.69) is 0 Å². The summed E-state index contributed by atoms with van der Waals surface area (Å²) in [5.41, 5.74) is 0. The lowest BCUT2D eigenvalue weighted by Crippen LogP contribution is -2.38. The Hall–Kier alpha value is -0.860. The molecule has 2 unspecified atom stereocenters. The van der Waals surface area contributed by atoms with E-state index in [4.69, 9.17) is 0 Å². The molecule has 0 radical (unpaired) electrons. The molecule has 0 bridgehead atoms. The van der Waals surface area contributed by atoms with Gasteiger partial charge in [0.25, 0.3) is 0 Å². The molecule has 1 aliphatic heterocycles. The lowest BCUT2D eigenvalue weighted by molar-refractivity contribution is -0.146. The van der Waals surface area contributed by atoms with E-state index in [1.807, 2.05) is 0 Å². The number of carbonyl (C=O) groups is 2. The first-order chi connectivity index (χ1) is 4.70. The molecule has 0 aromatic carbocycles. The second kappa shape index (κ2) is 1.59. The lowest BCUT2D eigenvalue weighted by atomic mass is 10.1. The number of nitrogens with zero attached hydrogens (tertiary/aromatic N) is 1. The first-order valence-corrected chi connectivity index (χ1v) is 3.50. The van der Waals surface area contributed by atoms with E-state index in [1.165, 1.54) is 4.90 Å². The number of hydrogen-bond acceptors (Lipinski definition) is 2. The van der Waals surface area contributed by atoms with Crippen LogP contribution < -0.4 is 0 Å². The van der Waals surface area contributed by atoms with Gasteiger partial charge in [0.15, 0.2) is 0 Å². The largest absolute Gasteiger partial charge is 0.286 e. The fourth-order valence-electron chi connectivity index (χ4n) is 1.51. The number of fused-ring (bicyclic) bond motifs is 1. The van der Waals surface area contributed by atoms with E-state index in [-0.39, 0.29) is 17.7 Å². The SMILES string of the molecule is CN1C(=O)CC2CC2C1=O. The van der Waals surface area contributed by atoms with Crippen molar-refractivity contribution >= 4 is 11.8 Å². The minimum absolute atomic E-state index is 0.0104. The van der Waals surface area contributed by atoms with Crippen molar-refractivity contribution < 1.29 is 9.59 Å². The Morgan fingerprint density at radius 1 is 1.50 bits per heavy atom. The Labute approximate surface area is 59.0 Å². The zero-order valence-corrected chi connectivity index (χ0v) is 5.83. The third-order valence-electron chi connectivity index (χ3n) is 2.38. The van der Waals surface area contributed by atoms with Crippen molar-refractivity contribution in [3.63, 3.8) is 0 Å². The molecule has 0 aromatic rings. The summed E-state index contributed by atoms with van der Waals surface area (Å²) in [6, 6.07) is 0. The maximum atomic E-state index is 11.1. The van der Waals surface area contributed by atoms with Gasteiger partial charge < -0.3 is 0 Å². The Bertz CT molecular complexity index is 212. The summed E-state index contributed by atoms with van der Waals surface area (Å²) in [4.78, 5) is 23.3. The summed E-state index contributed by atoms with van der Waals surface area (Å²) in [7, 11) is 1.57. The average Bonchev–Trinajstić information content (AvgIpc) is 2.62. The van der Waals surface area contributed by atoms with Crippen molar-refractivity contribution in [1.82, 2.24) is 4.90 Å². The molecular weight excluding hydrogens is 130 g/mol. The van der Waals surface area contributed by atoms with Gasteiger partial charge in [-0.15, -0.1) is 0 Å². The fraction of sp³-hybridized carbons (Fsp3) is 0.714. The molecule has 1 saturated heterocycles. The van der Waals surface area contributed by atoms with Crippen LogP contribution in [0.2, 0.25) is 0 Å². The standard InChI is InChI=1S/C7H9NO2/c1-8-6(9)3-4-2-5(4)7(8)10/h4-5H,2-3H2,1H3. The van der Waals surface area contributed by atoms with E-state index in [0.717, 1.165) is 6.42 Å². The van der Waals surface area contributed by atoms with Gasteiger partial charge >= 0.3 is 0 Å². The van der Waals surface area contributed by atoms with Gasteiger partial charge in [0.1, 0.15) is 0 Å². The highest BCUT2D eigenvalue weighted by molar-refractivity contribution is 6.00. The molecule has 3 heteroatoms. The summed E-state index contributed by atoms with van der Waals surface area (Å²) < 4.78 is 0. The van der Waals surface area contributed by atoms with Crippen LogP contribution in [0.1, 0.15) is 12.8 Å². The predicted octanol–water partition coefficient (Wildman–Crippen LogP) is 0.0112. The van der Waals surface area contributed by atoms with E-state index in [0.29, 0.717) is 12.3 Å². The first-order valence-electron chi connectivity index (χ1n) is 3.50. The molecule has 10 heavy (non-hydrogen) atoms. The molecule has 0 spiro atoms. The quantitative estimate of drug-likeness (QED) is 0.443. The third-order valence-corrected chi connectivity index (χ3v) is 2.38. The van der Waals surface area contributed by atoms with Gasteiger partial charge in [0, 0.05) is 19.4 Å². The maximum Gasteiger partial charge on any atom is 0.232 e. The van der Waals surface area contributed by atoms with E-state index in [1.54, 1.807) is 7.05 Å². The minimum atomic E-state index is -0.0104. The zero-order chi connectivity index (χ0) is 7.30. The van der Waals surface area contributed by atoms with Crippen molar-refractivity contribution in [2.24, 2.45) is 11.8 Å². The Morgan fingerprint density at radius 3 is 2.90 bits per heavy atom. The van der Waals surface area contributed by atoms with Gasteiger partial charge in [0.2, 0.25) is 11.8 Å². The molecule has 1 heterocycles. The Kier molecular flexibility index (Phi) is 0.938. The Morgan fingerprint density at radius 2 is 2.20 bits per heavy atom. The normalized spacial score (nSPS) is 37.9. The van der Waals surface area contributed by atoms with Crippen molar-refractivity contribution in [3.05, 3.63) is 0 Å². The summed E-state index contributed by atoms with van der Waals surface area (Å²) in [5.74, 6) is 0.615. The minimum Gasteiger partial charge on any atom is -0.286 e. The van der Waals surface area contributed by atoms with Crippen molar-refractivity contribution in [2.75, 3.05) is 7.05 Å². The summed E-state index contributed by atoms with van der Waals surface area (Å²) in [6.45, 7) is 0. The molecule has 2 atom stereocenters. The second-order valence-electron chi connectivity index (χ2n) is 3.10. The number of rotatable bonds is 0. The van der Waals surface area contributed by atoms with E-state index in [9.17, 15) is 9.59 Å². The number of hydrogen-bond donors (Lipinski definition) is 0. The molecule has 3 nitrogen and oxygen atoms in total. The molecule has 54 valence electrons. The first kappa shape index (κ1) is 5.89. The number of likely N-dealkylation sites (tertiary alicyclic amines) is 1. The van der Waals surface area contributed by atoms with Crippen LogP contribution >= 0.6 is 0 Å². The van der Waals surface area contributed by atoms with Crippen molar-refractivity contribution in [3.8, 4) is 0 Å². The molecular formula is C7H9NO2. The predicted molar refractivity (Wildman–Crippen MR) is 34.0 cm³/mol. The van der Waals surface area contributed by atoms with E-state index >= 15 is 0 Å². The molecule has 0 N–H and O–H groups in total. The zero-order valence-electron chi connectivity index (χ0n) is 5.83. The second-order valence-corrected chi connectivity index (χ2v) is 3.10. The summed E-state index contributed by atoms with van der Waals surface area (Å²) >= 11 is 0. The highest BCUT2D eigenvalue weighted by Gasteiger charge is 2.50. The van der Waals surface area contributed by atoms with Crippen molar-refractivity contribution in [1.29, 1.82) is 0 Å². The highest BCUT2D eigenvalue weighted by Crippen LogP contribution is 2.45. The number of piperidine rings is 1. The monoisotopic (exact) mass is 139 g/mol. The summed E-state index contributed by atoms with van der Waals surface area (Å²) in [6.07, 6.45) is 1.53. The van der Waals surface area contributed by atoms with Gasteiger partial charge in [-0.3, -0.25) is 14.5 Å². The molecule has 2 fully saturated rings. The fourth-order valence-corrected chi connectivity index (χ4v) is 1.51. The lowest BCUT2D eigenvalue weighted by Gasteiger charge is -2.18. The highest BCUT2D eigenvalue weighted by atomic mass is 16.2. The van der Waals surface area contributed by atoms with Crippen molar-refractivity contribution in [2.45, 2.75) is 12.8 Å². The van der Waals surface area contributed by atoms with E-state index < -0.39 is 0 Å². The van der Waals surface area contributed by atoms with Gasteiger partial charge in [0.05, 0.1) is 0 Å². The van der Waals surface area contributed by atoms with Gasteiger partial charge in [-0.2, -0.15) is 0 Å². The molecule has 2 amide bonds. The average molecular weight is 139 g/mol. The molecule has 2 aliphatic rings. The van der Waals surface area contributed by atoms with Crippen LogP contribution in [0.25, 0.3) is 0 Å². The van der Waals surface area contributed by atoms with Crippen LogP contribution in [0.3, 0.4) is 0 Å². The smallest absolute Gasteiger partial charge is 0.232 e. The van der Waals surface area contributed by atoms with Crippen LogP contribution in [0.5, 0.6) is 0 Å².